The van der Waals surface area contributed by atoms with E-state index >= 15 is 0 Å². The van der Waals surface area contributed by atoms with E-state index in [9.17, 15) is 14.3 Å². The van der Waals surface area contributed by atoms with Crippen molar-refractivity contribution in [2.45, 2.75) is 19.9 Å². The standard InChI is InChI=1S/C14H20ClFN2O2/c1-3-18(4-2)8-7-17-13(14(19)20)11-6-5-10(16)9-12(11)15/h5-6,9,13,17H,3-4,7-8H2,1-2H3,(H,19,20). The molecule has 112 valence electrons. The lowest BCUT2D eigenvalue weighted by Crippen LogP contribution is -2.36. The highest BCUT2D eigenvalue weighted by Crippen LogP contribution is 2.24. The van der Waals surface area contributed by atoms with Crippen molar-refractivity contribution in [2.75, 3.05) is 26.2 Å². The topological polar surface area (TPSA) is 52.6 Å². The molecule has 0 aliphatic rings. The van der Waals surface area contributed by atoms with Crippen LogP contribution in [0.25, 0.3) is 0 Å². The Kier molecular flexibility index (Phi) is 6.91. The van der Waals surface area contributed by atoms with Crippen LogP contribution in [0.5, 0.6) is 0 Å². The molecule has 4 nitrogen and oxygen atoms in total. The molecule has 0 aliphatic carbocycles. The number of carbonyl (C=O) groups is 1. The van der Waals surface area contributed by atoms with Gasteiger partial charge in [-0.2, -0.15) is 0 Å². The second-order valence-corrected chi connectivity index (χ2v) is 4.83. The van der Waals surface area contributed by atoms with Crippen LogP contribution in [0.2, 0.25) is 5.02 Å². The van der Waals surface area contributed by atoms with Crippen molar-refractivity contribution in [1.82, 2.24) is 10.2 Å². The van der Waals surface area contributed by atoms with Gasteiger partial charge in [-0.15, -0.1) is 0 Å². The fourth-order valence-electron chi connectivity index (χ4n) is 1.97. The largest absolute Gasteiger partial charge is 0.480 e. The summed E-state index contributed by atoms with van der Waals surface area (Å²) in [5.41, 5.74) is 0.375. The number of halogens is 2. The molecule has 0 amide bonds. The molecule has 1 aromatic carbocycles. The third-order valence-corrected chi connectivity index (χ3v) is 3.52. The molecule has 0 aromatic heterocycles. The minimum atomic E-state index is -1.03. The fourth-order valence-corrected chi connectivity index (χ4v) is 2.25. The molecular weight excluding hydrogens is 283 g/mol. The number of nitrogens with zero attached hydrogens (tertiary/aromatic N) is 1. The summed E-state index contributed by atoms with van der Waals surface area (Å²) in [4.78, 5) is 13.5. The summed E-state index contributed by atoms with van der Waals surface area (Å²) in [6, 6.07) is 2.81. The lowest BCUT2D eigenvalue weighted by Gasteiger charge is -2.21. The van der Waals surface area contributed by atoms with E-state index in [4.69, 9.17) is 11.6 Å². The average Bonchev–Trinajstić information content (AvgIpc) is 2.40. The summed E-state index contributed by atoms with van der Waals surface area (Å²) in [6.07, 6.45) is 0. The summed E-state index contributed by atoms with van der Waals surface area (Å²) in [5, 5.41) is 12.3. The van der Waals surface area contributed by atoms with Crippen molar-refractivity contribution in [3.8, 4) is 0 Å². The zero-order valence-corrected chi connectivity index (χ0v) is 12.5. The monoisotopic (exact) mass is 302 g/mol. The Morgan fingerprint density at radius 2 is 2.10 bits per heavy atom. The maximum atomic E-state index is 13.0. The normalized spacial score (nSPS) is 12.7. The third-order valence-electron chi connectivity index (χ3n) is 3.19. The molecule has 0 radical (unpaired) electrons. The van der Waals surface area contributed by atoms with Crippen molar-refractivity contribution in [3.05, 3.63) is 34.6 Å². The van der Waals surface area contributed by atoms with Crippen molar-refractivity contribution >= 4 is 17.6 Å². The molecule has 6 heteroatoms. The van der Waals surface area contributed by atoms with Crippen molar-refractivity contribution in [2.24, 2.45) is 0 Å². The lowest BCUT2D eigenvalue weighted by atomic mass is 10.1. The number of carboxylic acids is 1. The molecule has 20 heavy (non-hydrogen) atoms. The van der Waals surface area contributed by atoms with Crippen molar-refractivity contribution in [1.29, 1.82) is 0 Å². The first-order valence-corrected chi connectivity index (χ1v) is 7.00. The maximum absolute atomic E-state index is 13.0. The number of nitrogens with one attached hydrogen (secondary N) is 1. The van der Waals surface area contributed by atoms with E-state index in [2.05, 4.69) is 24.1 Å². The zero-order valence-electron chi connectivity index (χ0n) is 11.7. The first-order chi connectivity index (χ1) is 9.49. The van der Waals surface area contributed by atoms with Crippen molar-refractivity contribution in [3.63, 3.8) is 0 Å². The second kappa shape index (κ2) is 8.19. The van der Waals surface area contributed by atoms with Gasteiger partial charge >= 0.3 is 5.97 Å². The number of hydrogen-bond acceptors (Lipinski definition) is 3. The van der Waals surface area contributed by atoms with Gasteiger partial charge in [-0.1, -0.05) is 31.5 Å². The molecule has 1 rings (SSSR count). The molecule has 1 aromatic rings. The predicted octanol–water partition coefficient (Wildman–Crippen LogP) is 2.54. The smallest absolute Gasteiger partial charge is 0.325 e. The van der Waals surface area contributed by atoms with Crippen LogP contribution in [0.3, 0.4) is 0 Å². The number of aliphatic carboxylic acids is 1. The number of rotatable bonds is 8. The minimum Gasteiger partial charge on any atom is -0.480 e. The molecule has 0 bridgehead atoms. The molecule has 0 saturated carbocycles. The van der Waals surface area contributed by atoms with Crippen LogP contribution in [0, 0.1) is 5.82 Å². The molecule has 0 saturated heterocycles. The van der Waals surface area contributed by atoms with Crippen LogP contribution in [-0.2, 0) is 4.79 Å². The highest BCUT2D eigenvalue weighted by atomic mass is 35.5. The molecule has 0 fully saturated rings. The van der Waals surface area contributed by atoms with Crippen LogP contribution in [0.1, 0.15) is 25.5 Å². The van der Waals surface area contributed by atoms with E-state index in [1.165, 1.54) is 12.1 Å². The number of carboxylic acid groups (broad SMARTS) is 1. The van der Waals surface area contributed by atoms with Gasteiger partial charge in [0.05, 0.1) is 0 Å². The first-order valence-electron chi connectivity index (χ1n) is 6.63. The summed E-state index contributed by atoms with van der Waals surface area (Å²) >= 11 is 5.91. The van der Waals surface area contributed by atoms with Gasteiger partial charge in [-0.3, -0.25) is 10.1 Å². The second-order valence-electron chi connectivity index (χ2n) is 4.42. The summed E-state index contributed by atoms with van der Waals surface area (Å²) in [5.74, 6) is -1.51. The molecule has 2 N–H and O–H groups in total. The van der Waals surface area contributed by atoms with E-state index in [0.29, 0.717) is 12.1 Å². The van der Waals surface area contributed by atoms with E-state index in [0.717, 1.165) is 25.7 Å². The van der Waals surface area contributed by atoms with Gasteiger partial charge in [0.1, 0.15) is 11.9 Å². The zero-order chi connectivity index (χ0) is 15.1. The fraction of sp³-hybridized carbons (Fsp3) is 0.500. The van der Waals surface area contributed by atoms with E-state index < -0.39 is 17.8 Å². The molecular formula is C14H20ClFN2O2. The Balaban J connectivity index is 2.72. The highest BCUT2D eigenvalue weighted by Gasteiger charge is 2.22. The molecule has 0 aliphatic heterocycles. The minimum absolute atomic E-state index is 0.118. The van der Waals surface area contributed by atoms with Gasteiger partial charge in [-0.05, 0) is 30.8 Å². The summed E-state index contributed by atoms with van der Waals surface area (Å²) < 4.78 is 13.0. The summed E-state index contributed by atoms with van der Waals surface area (Å²) in [7, 11) is 0. The van der Waals surface area contributed by atoms with Gasteiger partial charge in [0.25, 0.3) is 0 Å². The highest BCUT2D eigenvalue weighted by molar-refractivity contribution is 6.31. The Bertz CT molecular complexity index is 453. The Morgan fingerprint density at radius 3 is 2.60 bits per heavy atom. The van der Waals surface area contributed by atoms with Crippen LogP contribution >= 0.6 is 11.6 Å². The van der Waals surface area contributed by atoms with Gasteiger partial charge < -0.3 is 10.0 Å². The van der Waals surface area contributed by atoms with E-state index in [1.807, 2.05) is 0 Å². The van der Waals surface area contributed by atoms with Crippen LogP contribution in [-0.4, -0.2) is 42.2 Å². The van der Waals surface area contributed by atoms with Crippen molar-refractivity contribution < 1.29 is 14.3 Å². The first kappa shape index (κ1) is 16.9. The molecule has 1 unspecified atom stereocenters. The Hall–Kier alpha value is -1.17. The Morgan fingerprint density at radius 1 is 1.45 bits per heavy atom. The van der Waals surface area contributed by atoms with Gasteiger partial charge in [-0.25, -0.2) is 4.39 Å². The average molecular weight is 303 g/mol. The van der Waals surface area contributed by atoms with Crippen LogP contribution < -0.4 is 5.32 Å². The van der Waals surface area contributed by atoms with E-state index in [-0.39, 0.29) is 5.02 Å². The number of benzene rings is 1. The van der Waals surface area contributed by atoms with Crippen LogP contribution in [0.4, 0.5) is 4.39 Å². The molecule has 0 spiro atoms. The van der Waals surface area contributed by atoms with Crippen LogP contribution in [0.15, 0.2) is 18.2 Å². The third kappa shape index (κ3) is 4.74. The SMILES string of the molecule is CCN(CC)CCNC(C(=O)O)c1ccc(F)cc1Cl. The number of hydrogen-bond donors (Lipinski definition) is 2. The Labute approximate surface area is 123 Å². The number of likely N-dealkylation sites (N-methyl/N-ethyl adjacent to an activating group) is 1. The quantitative estimate of drug-likeness (QED) is 0.775. The molecule has 1 atom stereocenters. The molecule has 0 heterocycles. The van der Waals surface area contributed by atoms with E-state index in [1.54, 1.807) is 0 Å². The predicted molar refractivity (Wildman–Crippen MR) is 77.6 cm³/mol. The van der Waals surface area contributed by atoms with Gasteiger partial charge in [0, 0.05) is 18.1 Å². The lowest BCUT2D eigenvalue weighted by molar-refractivity contribution is -0.139. The summed E-state index contributed by atoms with van der Waals surface area (Å²) in [6.45, 7) is 7.19. The van der Waals surface area contributed by atoms with Gasteiger partial charge in [0.2, 0.25) is 0 Å². The maximum Gasteiger partial charge on any atom is 0.325 e. The van der Waals surface area contributed by atoms with Gasteiger partial charge in [0.15, 0.2) is 0 Å².